The smallest absolute Gasteiger partial charge is 0.230 e. The molecule has 0 unspecified atom stereocenters. The Hall–Kier alpha value is -1.88. The lowest BCUT2D eigenvalue weighted by molar-refractivity contribution is -0.125. The monoisotopic (exact) mass is 411 g/mol. The maximum atomic E-state index is 12.6. The van der Waals surface area contributed by atoms with E-state index >= 15 is 0 Å². The molecule has 4 nitrogen and oxygen atoms in total. The van der Waals surface area contributed by atoms with Gasteiger partial charge in [-0.3, -0.25) is 14.6 Å². The topological polar surface area (TPSA) is 35.6 Å². The van der Waals surface area contributed by atoms with Crippen LogP contribution in [0.5, 0.6) is 0 Å². The minimum Gasteiger partial charge on any atom is -0.326 e. The average molecular weight is 412 g/mol. The minimum atomic E-state index is 0.0630. The molecule has 2 saturated heterocycles. The van der Waals surface area contributed by atoms with Crippen LogP contribution < -0.4 is 5.32 Å². The summed E-state index contributed by atoms with van der Waals surface area (Å²) in [6.07, 6.45) is 3.91. The quantitative estimate of drug-likeness (QED) is 0.742. The van der Waals surface area contributed by atoms with Crippen LogP contribution in [0.4, 0.5) is 5.69 Å². The van der Waals surface area contributed by atoms with Crippen LogP contribution in [0.1, 0.15) is 37.3 Å². The summed E-state index contributed by atoms with van der Waals surface area (Å²) >= 11 is 5.94. The molecule has 5 heteroatoms. The number of carbonyl (C=O) groups is 1. The highest BCUT2D eigenvalue weighted by Crippen LogP contribution is 2.23. The minimum absolute atomic E-state index is 0.0630. The molecule has 0 radical (unpaired) electrons. The Morgan fingerprint density at radius 2 is 1.86 bits per heavy atom. The van der Waals surface area contributed by atoms with Crippen molar-refractivity contribution in [3.8, 4) is 0 Å². The van der Waals surface area contributed by atoms with Crippen molar-refractivity contribution in [3.05, 3.63) is 64.7 Å². The molecule has 2 heterocycles. The fourth-order valence-electron chi connectivity index (χ4n) is 4.33. The number of nitrogens with one attached hydrogen (secondary N) is 1. The van der Waals surface area contributed by atoms with Crippen LogP contribution in [0.25, 0.3) is 0 Å². The van der Waals surface area contributed by atoms with Gasteiger partial charge in [0.15, 0.2) is 0 Å². The third-order valence-corrected chi connectivity index (χ3v) is 6.42. The molecule has 2 aliphatic heterocycles. The summed E-state index contributed by atoms with van der Waals surface area (Å²) in [7, 11) is 0. The molecule has 154 valence electrons. The highest BCUT2D eigenvalue weighted by Gasteiger charge is 2.32. The first-order chi connectivity index (χ1) is 14.1. The number of piperidine rings is 1. The standard InChI is InChI=1S/C24H30ClN3O/c1-18-5-2-3-12-28(18)15-20-6-4-7-23(13-20)26-24(29)21-16-27(17-21)14-19-8-10-22(25)11-9-19/h4,6-11,13,18,21H,2-3,5,12,14-17H2,1H3,(H,26,29)/t18-/m0/s1. The highest BCUT2D eigenvalue weighted by molar-refractivity contribution is 6.30. The Bertz CT molecular complexity index is 832. The second-order valence-corrected chi connectivity index (χ2v) is 8.96. The molecule has 0 aliphatic carbocycles. The van der Waals surface area contributed by atoms with Gasteiger partial charge in [-0.15, -0.1) is 0 Å². The SMILES string of the molecule is C[C@H]1CCCCN1Cc1cccc(NC(=O)C2CN(Cc3ccc(Cl)cc3)C2)c1. The van der Waals surface area contributed by atoms with Crippen molar-refractivity contribution >= 4 is 23.2 Å². The number of anilines is 1. The van der Waals surface area contributed by atoms with E-state index in [1.807, 2.05) is 36.4 Å². The molecule has 0 aromatic heterocycles. The number of rotatable bonds is 6. The normalized spacial score (nSPS) is 21.0. The van der Waals surface area contributed by atoms with E-state index in [0.29, 0.717) is 6.04 Å². The average Bonchev–Trinajstić information content (AvgIpc) is 2.68. The van der Waals surface area contributed by atoms with Crippen molar-refractivity contribution in [3.63, 3.8) is 0 Å². The molecule has 1 amide bonds. The first kappa shape index (κ1) is 20.4. The fourth-order valence-corrected chi connectivity index (χ4v) is 4.46. The van der Waals surface area contributed by atoms with Gasteiger partial charge in [0.25, 0.3) is 0 Å². The number of carbonyl (C=O) groups excluding carboxylic acids is 1. The number of halogens is 1. The molecule has 2 aliphatic rings. The van der Waals surface area contributed by atoms with Gasteiger partial charge >= 0.3 is 0 Å². The van der Waals surface area contributed by atoms with Crippen LogP contribution in [0.2, 0.25) is 5.02 Å². The number of nitrogens with zero attached hydrogens (tertiary/aromatic N) is 2. The second-order valence-electron chi connectivity index (χ2n) is 8.52. The number of benzene rings is 2. The first-order valence-corrected chi connectivity index (χ1v) is 11.1. The summed E-state index contributed by atoms with van der Waals surface area (Å²) in [6, 6.07) is 16.9. The van der Waals surface area contributed by atoms with Crippen molar-refractivity contribution < 1.29 is 4.79 Å². The number of hydrogen-bond donors (Lipinski definition) is 1. The van der Waals surface area contributed by atoms with Gasteiger partial charge in [0.05, 0.1) is 5.92 Å². The van der Waals surface area contributed by atoms with Crippen LogP contribution in [-0.2, 0) is 17.9 Å². The molecule has 0 spiro atoms. The molecule has 0 saturated carbocycles. The van der Waals surface area contributed by atoms with Crippen molar-refractivity contribution in [1.29, 1.82) is 0 Å². The molecular weight excluding hydrogens is 382 g/mol. The van der Waals surface area contributed by atoms with Crippen molar-refractivity contribution in [2.75, 3.05) is 25.0 Å². The Kier molecular flexibility index (Phi) is 6.53. The predicted molar refractivity (Wildman–Crippen MR) is 119 cm³/mol. The number of likely N-dealkylation sites (tertiary alicyclic amines) is 2. The summed E-state index contributed by atoms with van der Waals surface area (Å²) in [5, 5.41) is 3.88. The van der Waals surface area contributed by atoms with Crippen LogP contribution in [-0.4, -0.2) is 41.4 Å². The van der Waals surface area contributed by atoms with E-state index in [0.717, 1.165) is 36.9 Å². The predicted octanol–water partition coefficient (Wildman–Crippen LogP) is 4.78. The van der Waals surface area contributed by atoms with E-state index in [4.69, 9.17) is 11.6 Å². The molecule has 29 heavy (non-hydrogen) atoms. The van der Waals surface area contributed by atoms with Gasteiger partial charge in [-0.1, -0.05) is 42.3 Å². The van der Waals surface area contributed by atoms with Crippen LogP contribution in [0.15, 0.2) is 48.5 Å². The lowest BCUT2D eigenvalue weighted by atomic mass is 9.98. The summed E-state index contributed by atoms with van der Waals surface area (Å²) in [5.41, 5.74) is 3.41. The maximum Gasteiger partial charge on any atom is 0.230 e. The Labute approximate surface area is 178 Å². The zero-order valence-corrected chi connectivity index (χ0v) is 17.9. The third kappa shape index (κ3) is 5.39. The highest BCUT2D eigenvalue weighted by atomic mass is 35.5. The Morgan fingerprint density at radius 1 is 1.07 bits per heavy atom. The summed E-state index contributed by atoms with van der Waals surface area (Å²) in [4.78, 5) is 17.5. The maximum absolute atomic E-state index is 12.6. The van der Waals surface area contributed by atoms with E-state index in [1.54, 1.807) is 0 Å². The largest absolute Gasteiger partial charge is 0.326 e. The van der Waals surface area contributed by atoms with Gasteiger partial charge in [-0.05, 0) is 61.7 Å². The molecule has 2 fully saturated rings. The van der Waals surface area contributed by atoms with Gasteiger partial charge in [0.2, 0.25) is 5.91 Å². The molecule has 0 bridgehead atoms. The Morgan fingerprint density at radius 3 is 2.62 bits per heavy atom. The molecule has 2 aromatic carbocycles. The van der Waals surface area contributed by atoms with Gasteiger partial charge in [0.1, 0.15) is 0 Å². The van der Waals surface area contributed by atoms with E-state index in [2.05, 4.69) is 34.2 Å². The van der Waals surface area contributed by atoms with Crippen molar-refractivity contribution in [2.45, 2.75) is 45.3 Å². The van der Waals surface area contributed by atoms with Gasteiger partial charge in [-0.25, -0.2) is 0 Å². The molecule has 1 N–H and O–H groups in total. The van der Waals surface area contributed by atoms with Gasteiger partial charge in [0, 0.05) is 42.9 Å². The van der Waals surface area contributed by atoms with Crippen molar-refractivity contribution in [2.24, 2.45) is 5.92 Å². The zero-order chi connectivity index (χ0) is 20.2. The van der Waals surface area contributed by atoms with Crippen LogP contribution in [0, 0.1) is 5.92 Å². The molecular formula is C24H30ClN3O. The van der Waals surface area contributed by atoms with E-state index < -0.39 is 0 Å². The van der Waals surface area contributed by atoms with Gasteiger partial charge < -0.3 is 5.32 Å². The zero-order valence-electron chi connectivity index (χ0n) is 17.1. The van der Waals surface area contributed by atoms with Crippen LogP contribution >= 0.6 is 11.6 Å². The van der Waals surface area contributed by atoms with E-state index in [1.165, 1.54) is 36.9 Å². The molecule has 2 aromatic rings. The number of hydrogen-bond acceptors (Lipinski definition) is 3. The van der Waals surface area contributed by atoms with Crippen LogP contribution in [0.3, 0.4) is 0 Å². The Balaban J connectivity index is 1.26. The van der Waals surface area contributed by atoms with Gasteiger partial charge in [-0.2, -0.15) is 0 Å². The third-order valence-electron chi connectivity index (χ3n) is 6.17. The molecule has 1 atom stereocenters. The van der Waals surface area contributed by atoms with E-state index in [-0.39, 0.29) is 11.8 Å². The lowest BCUT2D eigenvalue weighted by Gasteiger charge is -2.38. The number of amides is 1. The first-order valence-electron chi connectivity index (χ1n) is 10.7. The summed E-state index contributed by atoms with van der Waals surface area (Å²) in [5.74, 6) is 0.189. The fraction of sp³-hybridized carbons (Fsp3) is 0.458. The van der Waals surface area contributed by atoms with Crippen molar-refractivity contribution in [1.82, 2.24) is 9.80 Å². The second kappa shape index (κ2) is 9.29. The lowest BCUT2D eigenvalue weighted by Crippen LogP contribution is -2.51. The summed E-state index contributed by atoms with van der Waals surface area (Å²) in [6.45, 7) is 6.92. The molecule has 4 rings (SSSR count). The summed E-state index contributed by atoms with van der Waals surface area (Å²) < 4.78 is 0. The van der Waals surface area contributed by atoms with E-state index in [9.17, 15) is 4.79 Å².